The lowest BCUT2D eigenvalue weighted by atomic mass is 10.2. The standard InChI is InChI=1S/C14H20BrNO3/c1-16(8-3-2-4-9-17)14(18)11-19-13-7-5-6-12(15)10-13/h5-7,10,17H,2-4,8-9,11H2,1H3. The molecule has 4 nitrogen and oxygen atoms in total. The van der Waals surface area contributed by atoms with Gasteiger partial charge in [0.2, 0.25) is 0 Å². The fourth-order valence-electron chi connectivity index (χ4n) is 1.57. The molecular formula is C14H20BrNO3. The number of carbonyl (C=O) groups excluding carboxylic acids is 1. The molecule has 0 radical (unpaired) electrons. The number of rotatable bonds is 8. The highest BCUT2D eigenvalue weighted by Crippen LogP contribution is 2.17. The maximum absolute atomic E-state index is 11.8. The van der Waals surface area contributed by atoms with Gasteiger partial charge in [0.25, 0.3) is 5.91 Å². The van der Waals surface area contributed by atoms with Crippen LogP contribution in [-0.4, -0.2) is 42.7 Å². The lowest BCUT2D eigenvalue weighted by molar-refractivity contribution is -0.132. The molecule has 0 aliphatic carbocycles. The van der Waals surface area contributed by atoms with Gasteiger partial charge >= 0.3 is 0 Å². The van der Waals surface area contributed by atoms with E-state index >= 15 is 0 Å². The topological polar surface area (TPSA) is 49.8 Å². The Hall–Kier alpha value is -1.07. The van der Waals surface area contributed by atoms with Crippen LogP contribution in [0.4, 0.5) is 0 Å². The molecule has 0 heterocycles. The maximum atomic E-state index is 11.8. The third-order valence-corrected chi connectivity index (χ3v) is 3.23. The van der Waals surface area contributed by atoms with Crippen molar-refractivity contribution in [2.24, 2.45) is 0 Å². The maximum Gasteiger partial charge on any atom is 0.260 e. The number of hydrogen-bond donors (Lipinski definition) is 1. The number of aliphatic hydroxyl groups is 1. The van der Waals surface area contributed by atoms with Gasteiger partial charge in [-0.1, -0.05) is 22.0 Å². The predicted molar refractivity (Wildman–Crippen MR) is 78.2 cm³/mol. The van der Waals surface area contributed by atoms with Crippen LogP contribution >= 0.6 is 15.9 Å². The summed E-state index contributed by atoms with van der Waals surface area (Å²) in [6.07, 6.45) is 2.62. The molecule has 1 rings (SSSR count). The first-order chi connectivity index (χ1) is 9.13. The Kier molecular flexibility index (Phi) is 7.52. The van der Waals surface area contributed by atoms with Crippen LogP contribution in [0.1, 0.15) is 19.3 Å². The van der Waals surface area contributed by atoms with E-state index in [1.54, 1.807) is 11.9 Å². The molecule has 0 aliphatic heterocycles. The Bertz CT molecular complexity index is 398. The molecule has 0 aromatic heterocycles. The van der Waals surface area contributed by atoms with Gasteiger partial charge in [-0.3, -0.25) is 4.79 Å². The van der Waals surface area contributed by atoms with E-state index in [9.17, 15) is 4.79 Å². The van der Waals surface area contributed by atoms with E-state index < -0.39 is 0 Å². The van der Waals surface area contributed by atoms with E-state index in [-0.39, 0.29) is 19.1 Å². The molecule has 0 saturated carbocycles. The van der Waals surface area contributed by atoms with Gasteiger partial charge in [-0.05, 0) is 37.5 Å². The van der Waals surface area contributed by atoms with Gasteiger partial charge in [-0.25, -0.2) is 0 Å². The minimum absolute atomic E-state index is 0.0380. The van der Waals surface area contributed by atoms with E-state index in [1.807, 2.05) is 24.3 Å². The zero-order chi connectivity index (χ0) is 14.1. The van der Waals surface area contributed by atoms with Gasteiger partial charge in [-0.2, -0.15) is 0 Å². The third kappa shape index (κ3) is 6.59. The Morgan fingerprint density at radius 2 is 2.16 bits per heavy atom. The van der Waals surface area contributed by atoms with Crippen molar-refractivity contribution in [2.45, 2.75) is 19.3 Å². The van der Waals surface area contributed by atoms with E-state index in [2.05, 4.69) is 15.9 Å². The summed E-state index contributed by atoms with van der Waals surface area (Å²) < 4.78 is 6.36. The van der Waals surface area contributed by atoms with Crippen molar-refractivity contribution >= 4 is 21.8 Å². The van der Waals surface area contributed by atoms with Crippen molar-refractivity contribution in [1.29, 1.82) is 0 Å². The summed E-state index contributed by atoms with van der Waals surface area (Å²) in [6, 6.07) is 7.41. The lowest BCUT2D eigenvalue weighted by Gasteiger charge is -2.17. The summed E-state index contributed by atoms with van der Waals surface area (Å²) in [5.41, 5.74) is 0. The number of hydrogen-bond acceptors (Lipinski definition) is 3. The minimum Gasteiger partial charge on any atom is -0.484 e. The Balaban J connectivity index is 2.26. The van der Waals surface area contributed by atoms with Crippen molar-refractivity contribution < 1.29 is 14.6 Å². The molecule has 0 fully saturated rings. The average Bonchev–Trinajstić information content (AvgIpc) is 2.41. The highest BCUT2D eigenvalue weighted by Gasteiger charge is 2.09. The van der Waals surface area contributed by atoms with Crippen molar-refractivity contribution in [3.63, 3.8) is 0 Å². The summed E-state index contributed by atoms with van der Waals surface area (Å²) in [5, 5.41) is 8.67. The van der Waals surface area contributed by atoms with Gasteiger partial charge in [-0.15, -0.1) is 0 Å². The van der Waals surface area contributed by atoms with Gasteiger partial charge in [0.15, 0.2) is 6.61 Å². The molecule has 5 heteroatoms. The summed E-state index contributed by atoms with van der Waals surface area (Å²) in [5.74, 6) is 0.639. The number of aliphatic hydroxyl groups excluding tert-OH is 1. The molecule has 0 saturated heterocycles. The number of likely N-dealkylation sites (N-methyl/N-ethyl adjacent to an activating group) is 1. The van der Waals surface area contributed by atoms with Gasteiger partial charge in [0, 0.05) is 24.7 Å². The molecule has 0 atom stereocenters. The summed E-state index contributed by atoms with van der Waals surface area (Å²) in [7, 11) is 1.77. The van der Waals surface area contributed by atoms with Crippen LogP contribution in [-0.2, 0) is 4.79 Å². The summed E-state index contributed by atoms with van der Waals surface area (Å²) in [6.45, 7) is 0.956. The molecule has 1 aromatic carbocycles. The largest absolute Gasteiger partial charge is 0.484 e. The monoisotopic (exact) mass is 329 g/mol. The van der Waals surface area contributed by atoms with Crippen molar-refractivity contribution in [3.05, 3.63) is 28.7 Å². The van der Waals surface area contributed by atoms with E-state index in [4.69, 9.17) is 9.84 Å². The molecule has 1 amide bonds. The number of halogens is 1. The first kappa shape index (κ1) is 16.0. The van der Waals surface area contributed by atoms with Crippen molar-refractivity contribution in [3.8, 4) is 5.75 Å². The Labute approximate surface area is 122 Å². The zero-order valence-electron chi connectivity index (χ0n) is 11.1. The average molecular weight is 330 g/mol. The molecule has 1 aromatic rings. The van der Waals surface area contributed by atoms with E-state index in [0.717, 1.165) is 23.7 Å². The Morgan fingerprint density at radius 3 is 2.84 bits per heavy atom. The number of benzene rings is 1. The molecule has 19 heavy (non-hydrogen) atoms. The predicted octanol–water partition coefficient (Wildman–Crippen LogP) is 2.45. The quantitative estimate of drug-likeness (QED) is 0.745. The number of ether oxygens (including phenoxy) is 1. The second kappa shape index (κ2) is 8.93. The van der Waals surface area contributed by atoms with Crippen LogP contribution in [0.5, 0.6) is 5.75 Å². The molecule has 106 valence electrons. The van der Waals surface area contributed by atoms with Crippen LogP contribution in [0.3, 0.4) is 0 Å². The molecule has 0 spiro atoms. The first-order valence-electron chi connectivity index (χ1n) is 6.36. The second-order valence-electron chi connectivity index (χ2n) is 4.35. The molecular weight excluding hydrogens is 310 g/mol. The van der Waals surface area contributed by atoms with Gasteiger partial charge < -0.3 is 14.7 Å². The molecule has 1 N–H and O–H groups in total. The third-order valence-electron chi connectivity index (χ3n) is 2.74. The zero-order valence-corrected chi connectivity index (χ0v) is 12.7. The number of nitrogens with zero attached hydrogens (tertiary/aromatic N) is 1. The van der Waals surface area contributed by atoms with Gasteiger partial charge in [0.05, 0.1) is 0 Å². The fourth-order valence-corrected chi connectivity index (χ4v) is 1.95. The number of unbranched alkanes of at least 4 members (excludes halogenated alkanes) is 2. The minimum atomic E-state index is -0.0380. The smallest absolute Gasteiger partial charge is 0.260 e. The lowest BCUT2D eigenvalue weighted by Crippen LogP contribution is -2.32. The number of amides is 1. The van der Waals surface area contributed by atoms with Crippen LogP contribution in [0.25, 0.3) is 0 Å². The van der Waals surface area contributed by atoms with Crippen LogP contribution in [0, 0.1) is 0 Å². The summed E-state index contributed by atoms with van der Waals surface area (Å²) >= 11 is 3.35. The van der Waals surface area contributed by atoms with Crippen LogP contribution in [0.15, 0.2) is 28.7 Å². The molecule has 0 aliphatic rings. The van der Waals surface area contributed by atoms with Crippen molar-refractivity contribution in [1.82, 2.24) is 4.90 Å². The highest BCUT2D eigenvalue weighted by atomic mass is 79.9. The van der Waals surface area contributed by atoms with Crippen LogP contribution < -0.4 is 4.74 Å². The van der Waals surface area contributed by atoms with Crippen molar-refractivity contribution in [2.75, 3.05) is 26.8 Å². The van der Waals surface area contributed by atoms with Crippen LogP contribution in [0.2, 0.25) is 0 Å². The Morgan fingerprint density at radius 1 is 1.37 bits per heavy atom. The molecule has 0 unspecified atom stereocenters. The normalized spacial score (nSPS) is 10.3. The van der Waals surface area contributed by atoms with E-state index in [0.29, 0.717) is 12.3 Å². The van der Waals surface area contributed by atoms with E-state index in [1.165, 1.54) is 0 Å². The SMILES string of the molecule is CN(CCCCCO)C(=O)COc1cccc(Br)c1. The fraction of sp³-hybridized carbons (Fsp3) is 0.500. The molecule has 0 bridgehead atoms. The highest BCUT2D eigenvalue weighted by molar-refractivity contribution is 9.10. The summed E-state index contributed by atoms with van der Waals surface area (Å²) in [4.78, 5) is 13.5. The van der Waals surface area contributed by atoms with Gasteiger partial charge in [0.1, 0.15) is 5.75 Å². The number of carbonyl (C=O) groups is 1. The first-order valence-corrected chi connectivity index (χ1v) is 7.16. The second-order valence-corrected chi connectivity index (χ2v) is 5.26.